The number of H-pyrrole nitrogens is 1. The van der Waals surface area contributed by atoms with E-state index in [1.54, 1.807) is 25.1 Å². The van der Waals surface area contributed by atoms with Crippen LogP contribution < -0.4 is 9.47 Å². The van der Waals surface area contributed by atoms with E-state index in [0.717, 1.165) is 21.3 Å². The maximum absolute atomic E-state index is 5.39. The minimum Gasteiger partial charge on any atom is -0.496 e. The van der Waals surface area contributed by atoms with Gasteiger partial charge in [0.05, 0.1) is 30.5 Å². The molecule has 0 aliphatic carbocycles. The number of methoxy groups -OCH3 is 2. The standard InChI is InChI=1S/C17H15BrN4O2S/c1-23-14-6-4-3-5-12(14)16-20-21-17(25)22(16)19-10-11-7-8-15(24-2)13(18)9-11/h3-10H,1-2H3,(H,21,25). The van der Waals surface area contributed by atoms with Crippen molar-refractivity contribution in [3.63, 3.8) is 0 Å². The predicted molar refractivity (Wildman–Crippen MR) is 103 cm³/mol. The van der Waals surface area contributed by atoms with E-state index in [4.69, 9.17) is 21.7 Å². The van der Waals surface area contributed by atoms with Crippen LogP contribution in [0.25, 0.3) is 11.4 Å². The van der Waals surface area contributed by atoms with Gasteiger partial charge in [-0.25, -0.2) is 5.10 Å². The van der Waals surface area contributed by atoms with Crippen LogP contribution in [0.5, 0.6) is 11.5 Å². The van der Waals surface area contributed by atoms with Crippen molar-refractivity contribution in [3.05, 3.63) is 57.3 Å². The van der Waals surface area contributed by atoms with Crippen molar-refractivity contribution in [2.75, 3.05) is 14.2 Å². The zero-order valence-electron chi connectivity index (χ0n) is 13.6. The molecule has 0 bridgehead atoms. The monoisotopic (exact) mass is 418 g/mol. The topological polar surface area (TPSA) is 64.4 Å². The first-order valence-corrected chi connectivity index (χ1v) is 8.53. The fraction of sp³-hybridized carbons (Fsp3) is 0.118. The van der Waals surface area contributed by atoms with Crippen LogP contribution in [-0.4, -0.2) is 35.3 Å². The van der Waals surface area contributed by atoms with Gasteiger partial charge in [0.25, 0.3) is 0 Å². The van der Waals surface area contributed by atoms with Crippen LogP contribution in [0.3, 0.4) is 0 Å². The molecule has 0 fully saturated rings. The van der Waals surface area contributed by atoms with Crippen LogP contribution in [0.1, 0.15) is 5.56 Å². The lowest BCUT2D eigenvalue weighted by Gasteiger charge is -2.07. The molecule has 2 aromatic carbocycles. The molecule has 1 aromatic heterocycles. The minimum absolute atomic E-state index is 0.393. The van der Waals surface area contributed by atoms with Crippen molar-refractivity contribution >= 4 is 34.4 Å². The Balaban J connectivity index is 2.00. The van der Waals surface area contributed by atoms with Crippen LogP contribution in [0.2, 0.25) is 0 Å². The number of aromatic amines is 1. The van der Waals surface area contributed by atoms with Gasteiger partial charge in [0.15, 0.2) is 5.82 Å². The van der Waals surface area contributed by atoms with Crippen molar-refractivity contribution in [2.45, 2.75) is 0 Å². The number of aromatic nitrogens is 3. The fourth-order valence-corrected chi connectivity index (χ4v) is 3.03. The van der Waals surface area contributed by atoms with E-state index in [2.05, 4.69) is 31.2 Å². The third-order valence-electron chi connectivity index (χ3n) is 3.50. The molecule has 0 aliphatic rings. The molecule has 0 aliphatic heterocycles. The number of hydrogen-bond donors (Lipinski definition) is 1. The Labute approximate surface area is 158 Å². The highest BCUT2D eigenvalue weighted by Gasteiger charge is 2.12. The molecular formula is C17H15BrN4O2S. The first-order chi connectivity index (χ1) is 12.1. The van der Waals surface area contributed by atoms with E-state index in [1.165, 1.54) is 0 Å². The molecule has 0 atom stereocenters. The lowest BCUT2D eigenvalue weighted by atomic mass is 10.2. The third kappa shape index (κ3) is 3.64. The van der Waals surface area contributed by atoms with Gasteiger partial charge in [-0.1, -0.05) is 12.1 Å². The molecule has 0 radical (unpaired) electrons. The molecule has 0 saturated carbocycles. The molecule has 0 spiro atoms. The summed E-state index contributed by atoms with van der Waals surface area (Å²) in [6.07, 6.45) is 1.70. The summed E-state index contributed by atoms with van der Waals surface area (Å²) in [5.74, 6) is 2.03. The highest BCUT2D eigenvalue weighted by Crippen LogP contribution is 2.28. The Kier molecular flexibility index (Phi) is 5.30. The van der Waals surface area contributed by atoms with E-state index in [9.17, 15) is 0 Å². The molecule has 1 heterocycles. The van der Waals surface area contributed by atoms with Crippen LogP contribution in [-0.2, 0) is 0 Å². The first-order valence-electron chi connectivity index (χ1n) is 7.32. The average molecular weight is 419 g/mol. The maximum atomic E-state index is 5.39. The quantitative estimate of drug-likeness (QED) is 0.496. The zero-order valence-corrected chi connectivity index (χ0v) is 16.0. The van der Waals surface area contributed by atoms with Crippen LogP contribution in [0.4, 0.5) is 0 Å². The summed E-state index contributed by atoms with van der Waals surface area (Å²) in [5, 5.41) is 11.5. The maximum Gasteiger partial charge on any atom is 0.216 e. The van der Waals surface area contributed by atoms with Gasteiger partial charge in [-0.05, 0) is 64.0 Å². The number of benzene rings is 2. The molecule has 25 heavy (non-hydrogen) atoms. The van der Waals surface area contributed by atoms with Gasteiger partial charge in [-0.2, -0.15) is 14.9 Å². The van der Waals surface area contributed by atoms with E-state index >= 15 is 0 Å². The van der Waals surface area contributed by atoms with Gasteiger partial charge in [0.1, 0.15) is 11.5 Å². The third-order valence-corrected chi connectivity index (χ3v) is 4.38. The van der Waals surface area contributed by atoms with Crippen molar-refractivity contribution < 1.29 is 9.47 Å². The highest BCUT2D eigenvalue weighted by atomic mass is 79.9. The Bertz CT molecular complexity index is 981. The number of hydrogen-bond acceptors (Lipinski definition) is 5. The zero-order chi connectivity index (χ0) is 17.8. The Hall–Kier alpha value is -2.45. The second-order valence-electron chi connectivity index (χ2n) is 5.00. The summed E-state index contributed by atoms with van der Waals surface area (Å²) < 4.78 is 13.4. The number of nitrogens with zero attached hydrogens (tertiary/aromatic N) is 3. The predicted octanol–water partition coefficient (Wildman–Crippen LogP) is 4.27. The average Bonchev–Trinajstić information content (AvgIpc) is 3.00. The largest absolute Gasteiger partial charge is 0.496 e. The normalized spacial score (nSPS) is 11.0. The molecule has 128 valence electrons. The molecule has 3 aromatic rings. The van der Waals surface area contributed by atoms with Gasteiger partial charge in [0.2, 0.25) is 4.77 Å². The molecule has 0 amide bonds. The van der Waals surface area contributed by atoms with Crippen molar-refractivity contribution in [1.82, 2.24) is 14.9 Å². The number of ether oxygens (including phenoxy) is 2. The summed E-state index contributed by atoms with van der Waals surface area (Å²) in [6, 6.07) is 13.2. The van der Waals surface area contributed by atoms with Gasteiger partial charge in [-0.3, -0.25) is 0 Å². The Morgan fingerprint density at radius 1 is 1.16 bits per heavy atom. The van der Waals surface area contributed by atoms with Gasteiger partial charge >= 0.3 is 0 Å². The highest BCUT2D eigenvalue weighted by molar-refractivity contribution is 9.10. The van der Waals surface area contributed by atoms with E-state index < -0.39 is 0 Å². The van der Waals surface area contributed by atoms with Crippen molar-refractivity contribution in [2.24, 2.45) is 5.10 Å². The number of rotatable bonds is 5. The smallest absolute Gasteiger partial charge is 0.216 e. The second kappa shape index (κ2) is 7.62. The van der Waals surface area contributed by atoms with Crippen LogP contribution in [0, 0.1) is 4.77 Å². The van der Waals surface area contributed by atoms with Gasteiger partial charge in [-0.15, -0.1) is 0 Å². The Morgan fingerprint density at radius 3 is 2.64 bits per heavy atom. The summed E-state index contributed by atoms with van der Waals surface area (Å²) in [7, 11) is 3.24. The van der Waals surface area contributed by atoms with Crippen LogP contribution >= 0.6 is 28.1 Å². The minimum atomic E-state index is 0.393. The molecule has 8 heteroatoms. The summed E-state index contributed by atoms with van der Waals surface area (Å²) in [6.45, 7) is 0. The van der Waals surface area contributed by atoms with Gasteiger partial charge in [0, 0.05) is 0 Å². The van der Waals surface area contributed by atoms with Crippen LogP contribution in [0.15, 0.2) is 52.0 Å². The number of halogens is 1. The molecule has 0 saturated heterocycles. The van der Waals surface area contributed by atoms with E-state index in [-0.39, 0.29) is 0 Å². The number of para-hydroxylation sites is 1. The second-order valence-corrected chi connectivity index (χ2v) is 6.24. The van der Waals surface area contributed by atoms with Gasteiger partial charge < -0.3 is 9.47 Å². The fourth-order valence-electron chi connectivity index (χ4n) is 2.29. The molecular weight excluding hydrogens is 404 g/mol. The lowest BCUT2D eigenvalue weighted by molar-refractivity contribution is 0.412. The van der Waals surface area contributed by atoms with E-state index in [0.29, 0.717) is 16.3 Å². The van der Waals surface area contributed by atoms with Crippen molar-refractivity contribution in [3.8, 4) is 22.9 Å². The lowest BCUT2D eigenvalue weighted by Crippen LogP contribution is -1.97. The summed E-state index contributed by atoms with van der Waals surface area (Å²) >= 11 is 8.76. The molecule has 1 N–H and O–H groups in total. The van der Waals surface area contributed by atoms with E-state index in [1.807, 2.05) is 42.5 Å². The number of nitrogens with one attached hydrogen (secondary N) is 1. The molecule has 3 rings (SSSR count). The summed E-state index contributed by atoms with van der Waals surface area (Å²) in [4.78, 5) is 0. The summed E-state index contributed by atoms with van der Waals surface area (Å²) in [5.41, 5.74) is 1.69. The first kappa shape index (κ1) is 17.4. The molecule has 0 unspecified atom stereocenters. The molecule has 6 nitrogen and oxygen atoms in total. The Morgan fingerprint density at radius 2 is 1.92 bits per heavy atom. The SMILES string of the molecule is COc1ccc(C=Nn2c(-c3ccccc3OC)n[nH]c2=S)cc1Br. The van der Waals surface area contributed by atoms with Crippen molar-refractivity contribution in [1.29, 1.82) is 0 Å².